The van der Waals surface area contributed by atoms with Crippen LogP contribution >= 0.6 is 34.8 Å². The smallest absolute Gasteiger partial charge is 0.246 e. The molecule has 2 N–H and O–H groups in total. The van der Waals surface area contributed by atoms with E-state index in [0.29, 0.717) is 26.3 Å². The number of nitrogens with zero attached hydrogens (tertiary/aromatic N) is 1. The van der Waals surface area contributed by atoms with E-state index in [1.165, 1.54) is 4.90 Å². The van der Waals surface area contributed by atoms with E-state index < -0.39 is 35.5 Å². The monoisotopic (exact) mass is 587 g/mol. The van der Waals surface area contributed by atoms with Crippen molar-refractivity contribution in [3.05, 3.63) is 75.2 Å². The Morgan fingerprint density at radius 2 is 1.72 bits per heavy atom. The first-order valence-corrected chi connectivity index (χ1v) is 14.4. The number of benzene rings is 2. The minimum atomic E-state index is -1.25. The van der Waals surface area contributed by atoms with Crippen LogP contribution in [0, 0.1) is 11.8 Å². The summed E-state index contributed by atoms with van der Waals surface area (Å²) in [6, 6.07) is 11.1. The van der Waals surface area contributed by atoms with Gasteiger partial charge in [0, 0.05) is 33.3 Å². The Hall–Kier alpha value is -2.58. The van der Waals surface area contributed by atoms with Gasteiger partial charge in [0.25, 0.3) is 0 Å². The third kappa shape index (κ3) is 4.73. The van der Waals surface area contributed by atoms with Gasteiger partial charge in [0.15, 0.2) is 0 Å². The lowest BCUT2D eigenvalue weighted by Gasteiger charge is -2.34. The van der Waals surface area contributed by atoms with E-state index >= 15 is 0 Å². The lowest BCUT2D eigenvalue weighted by molar-refractivity contribution is -0.142. The Labute approximate surface area is 241 Å². The second-order valence-corrected chi connectivity index (χ2v) is 12.0. The van der Waals surface area contributed by atoms with Crippen molar-refractivity contribution in [3.63, 3.8) is 0 Å². The zero-order chi connectivity index (χ0) is 27.3. The highest BCUT2D eigenvalue weighted by atomic mass is 35.5. The van der Waals surface area contributed by atoms with Crippen LogP contribution in [0.1, 0.15) is 37.7 Å². The van der Waals surface area contributed by atoms with Crippen molar-refractivity contribution in [2.75, 3.05) is 5.32 Å². The number of likely N-dealkylation sites (tertiary alicyclic amines) is 1. The quantitative estimate of drug-likeness (QED) is 0.444. The predicted molar refractivity (Wildman–Crippen MR) is 150 cm³/mol. The summed E-state index contributed by atoms with van der Waals surface area (Å²) >= 11 is 18.7. The molecule has 2 aromatic carbocycles. The number of halogens is 3. The normalized spacial score (nSPS) is 29.5. The number of hydrogen-bond acceptors (Lipinski definition) is 4. The maximum atomic E-state index is 14.1. The van der Waals surface area contributed by atoms with E-state index in [9.17, 15) is 14.4 Å². The molecule has 4 aliphatic rings. The highest BCUT2D eigenvalue weighted by Gasteiger charge is 2.72. The molecule has 3 fully saturated rings. The fraction of sp³-hybridized carbons (Fsp3) is 0.414. The van der Waals surface area contributed by atoms with Gasteiger partial charge in [0.1, 0.15) is 11.6 Å². The first-order chi connectivity index (χ1) is 18.8. The zero-order valence-corrected chi connectivity index (χ0v) is 23.3. The first-order valence-electron chi connectivity index (χ1n) is 13.3. The van der Waals surface area contributed by atoms with Gasteiger partial charge in [-0.3, -0.25) is 14.4 Å². The number of hydrogen-bond donors (Lipinski definition) is 2. The van der Waals surface area contributed by atoms with Gasteiger partial charge in [0.2, 0.25) is 17.7 Å². The molecule has 0 aromatic heterocycles. The number of anilines is 1. The molecule has 3 aliphatic heterocycles. The number of carbonyl (C=O) groups is 3. The molecular formula is C29H28Cl3N3O4. The van der Waals surface area contributed by atoms with Gasteiger partial charge < -0.3 is 20.3 Å². The molecule has 3 amide bonds. The number of carbonyl (C=O) groups excluding carboxylic acids is 3. The van der Waals surface area contributed by atoms with Crippen molar-refractivity contribution in [1.82, 2.24) is 10.2 Å². The minimum absolute atomic E-state index is 0.0493. The van der Waals surface area contributed by atoms with E-state index in [-0.39, 0.29) is 24.4 Å². The molecule has 1 saturated carbocycles. The standard InChI is InChI=1S/C29H28Cl3N3O4/c30-17-12-18(31)14-20(13-17)34-26(36)23-22-10-11-29(39-22)24(23)28(38)35(15-16-6-4-5-9-21(16)32)25(29)27(37)33-19-7-2-1-3-8-19/h4-6,9-14,19,22-25H,1-3,7-8,15H2,(H,33,37)(H,34,36). The summed E-state index contributed by atoms with van der Waals surface area (Å²) in [5.41, 5.74) is -0.119. The second-order valence-electron chi connectivity index (χ2n) is 10.7. The van der Waals surface area contributed by atoms with Crippen LogP contribution in [0.15, 0.2) is 54.6 Å². The van der Waals surface area contributed by atoms with Crippen molar-refractivity contribution in [2.24, 2.45) is 11.8 Å². The number of nitrogens with one attached hydrogen (secondary N) is 2. The molecule has 39 heavy (non-hydrogen) atoms. The molecule has 1 spiro atoms. The number of ether oxygens (including phenoxy) is 1. The van der Waals surface area contributed by atoms with Crippen LogP contribution in [0.25, 0.3) is 0 Å². The molecule has 10 heteroatoms. The third-order valence-electron chi connectivity index (χ3n) is 8.31. The van der Waals surface area contributed by atoms with Crippen LogP contribution in [0.2, 0.25) is 15.1 Å². The molecule has 2 bridgehead atoms. The van der Waals surface area contributed by atoms with Gasteiger partial charge in [-0.25, -0.2) is 0 Å². The Morgan fingerprint density at radius 3 is 2.44 bits per heavy atom. The second kappa shape index (κ2) is 10.4. The van der Waals surface area contributed by atoms with Gasteiger partial charge in [-0.15, -0.1) is 0 Å². The fourth-order valence-electron chi connectivity index (χ4n) is 6.63. The van der Waals surface area contributed by atoms with Gasteiger partial charge in [0.05, 0.1) is 17.9 Å². The molecule has 0 radical (unpaired) electrons. The van der Waals surface area contributed by atoms with Crippen molar-refractivity contribution >= 4 is 58.2 Å². The minimum Gasteiger partial charge on any atom is -0.359 e. The lowest BCUT2D eigenvalue weighted by atomic mass is 9.74. The largest absolute Gasteiger partial charge is 0.359 e. The highest BCUT2D eigenvalue weighted by molar-refractivity contribution is 6.35. The molecule has 5 atom stereocenters. The summed E-state index contributed by atoms with van der Waals surface area (Å²) in [6.07, 6.45) is 8.03. The lowest BCUT2D eigenvalue weighted by Crippen LogP contribution is -2.56. The van der Waals surface area contributed by atoms with Crippen LogP contribution in [-0.2, 0) is 25.7 Å². The van der Waals surface area contributed by atoms with Gasteiger partial charge in [-0.1, -0.05) is 84.4 Å². The van der Waals surface area contributed by atoms with Gasteiger partial charge >= 0.3 is 0 Å². The number of amides is 3. The van der Waals surface area contributed by atoms with Crippen molar-refractivity contribution in [3.8, 4) is 0 Å². The van der Waals surface area contributed by atoms with Gasteiger partial charge in [-0.05, 0) is 42.7 Å². The zero-order valence-electron chi connectivity index (χ0n) is 21.0. The average Bonchev–Trinajstić information content (AvgIpc) is 3.53. The third-order valence-corrected chi connectivity index (χ3v) is 9.11. The highest BCUT2D eigenvalue weighted by Crippen LogP contribution is 2.55. The summed E-state index contributed by atoms with van der Waals surface area (Å²) in [5.74, 6) is -2.67. The van der Waals surface area contributed by atoms with Crippen LogP contribution in [0.3, 0.4) is 0 Å². The van der Waals surface area contributed by atoms with E-state index in [1.54, 1.807) is 36.4 Å². The van der Waals surface area contributed by atoms with Crippen LogP contribution < -0.4 is 10.6 Å². The van der Waals surface area contributed by atoms with Crippen molar-refractivity contribution in [2.45, 2.75) is 62.4 Å². The molecular weight excluding hydrogens is 561 g/mol. The summed E-state index contributed by atoms with van der Waals surface area (Å²) in [4.78, 5) is 43.2. The fourth-order valence-corrected chi connectivity index (χ4v) is 7.35. The number of fused-ring (bicyclic) bond motifs is 1. The van der Waals surface area contributed by atoms with E-state index in [2.05, 4.69) is 10.6 Å². The number of rotatable bonds is 6. The van der Waals surface area contributed by atoms with Crippen LogP contribution in [0.4, 0.5) is 5.69 Å². The Kier molecular flexibility index (Phi) is 7.12. The average molecular weight is 589 g/mol. The van der Waals surface area contributed by atoms with Crippen molar-refractivity contribution in [1.29, 1.82) is 0 Å². The Bertz CT molecular complexity index is 1340. The Balaban J connectivity index is 1.34. The van der Waals surface area contributed by atoms with E-state index in [4.69, 9.17) is 39.5 Å². The molecule has 6 rings (SSSR count). The molecule has 5 unspecified atom stereocenters. The maximum Gasteiger partial charge on any atom is 0.246 e. The molecule has 204 valence electrons. The molecule has 2 saturated heterocycles. The molecule has 2 aromatic rings. The topological polar surface area (TPSA) is 87.7 Å². The van der Waals surface area contributed by atoms with Crippen molar-refractivity contribution < 1.29 is 19.1 Å². The summed E-state index contributed by atoms with van der Waals surface area (Å²) in [6.45, 7) is 0.125. The first kappa shape index (κ1) is 26.6. The van der Waals surface area contributed by atoms with Crippen LogP contribution in [0.5, 0.6) is 0 Å². The molecule has 7 nitrogen and oxygen atoms in total. The SMILES string of the molecule is O=C(Nc1cc(Cl)cc(Cl)c1)C1C2C=CC3(O2)C1C(=O)N(Cc1ccccc1Cl)C3C(=O)NC1CCCCC1. The van der Waals surface area contributed by atoms with E-state index in [0.717, 1.165) is 32.1 Å². The summed E-state index contributed by atoms with van der Waals surface area (Å²) in [5, 5.41) is 7.29. The maximum absolute atomic E-state index is 14.1. The molecule has 3 heterocycles. The predicted octanol–water partition coefficient (Wildman–Crippen LogP) is 5.39. The molecule has 1 aliphatic carbocycles. The van der Waals surface area contributed by atoms with Crippen LogP contribution in [-0.4, -0.2) is 46.4 Å². The summed E-state index contributed by atoms with van der Waals surface area (Å²) in [7, 11) is 0. The van der Waals surface area contributed by atoms with E-state index in [1.807, 2.05) is 18.2 Å². The summed E-state index contributed by atoms with van der Waals surface area (Å²) < 4.78 is 6.41. The van der Waals surface area contributed by atoms with Gasteiger partial charge in [-0.2, -0.15) is 0 Å². The Morgan fingerprint density at radius 1 is 1.00 bits per heavy atom.